The molecule has 2 aromatic heterocycles. The van der Waals surface area contributed by atoms with Gasteiger partial charge in [0.15, 0.2) is 5.03 Å². The molecule has 0 unspecified atom stereocenters. The van der Waals surface area contributed by atoms with Crippen LogP contribution in [-0.4, -0.2) is 23.5 Å². The fourth-order valence-corrected chi connectivity index (χ4v) is 2.82. The lowest BCUT2D eigenvalue weighted by molar-refractivity contribution is 0.281. The van der Waals surface area contributed by atoms with Gasteiger partial charge in [0.05, 0.1) is 13.2 Å². The number of hydrogen-bond donors (Lipinski definition) is 3. The van der Waals surface area contributed by atoms with Gasteiger partial charge in [-0.1, -0.05) is 17.4 Å². The van der Waals surface area contributed by atoms with E-state index in [9.17, 15) is 13.2 Å². The number of nitrogens with zero attached hydrogens (tertiary/aromatic N) is 1. The maximum absolute atomic E-state index is 11.9. The molecule has 0 atom stereocenters. The van der Waals surface area contributed by atoms with Crippen LogP contribution in [0.2, 0.25) is 0 Å². The fourth-order valence-electron chi connectivity index (χ4n) is 1.31. The first-order chi connectivity index (χ1) is 9.01. The largest absolute Gasteiger partial charge is 0.392 e. The summed E-state index contributed by atoms with van der Waals surface area (Å²) < 4.78 is 26.1. The second-order valence-corrected chi connectivity index (χ2v) is 6.22. The van der Waals surface area contributed by atoms with Crippen molar-refractivity contribution >= 4 is 21.4 Å². The standard InChI is InChI=1S/C10H11N3O4S2/c14-5-7-1-2-9(11-3-7)19(16,17)12-4-8-6-18-10(15)13-8/h1-3,6,12,14H,4-5H2,(H,13,15). The van der Waals surface area contributed by atoms with Crippen molar-refractivity contribution in [2.75, 3.05) is 0 Å². The molecule has 0 aliphatic carbocycles. The maximum atomic E-state index is 11.9. The van der Waals surface area contributed by atoms with Crippen molar-refractivity contribution in [2.24, 2.45) is 0 Å². The van der Waals surface area contributed by atoms with Crippen LogP contribution < -0.4 is 9.60 Å². The minimum absolute atomic E-state index is 0.00942. The van der Waals surface area contributed by atoms with Crippen LogP contribution >= 0.6 is 11.3 Å². The van der Waals surface area contributed by atoms with Crippen molar-refractivity contribution in [2.45, 2.75) is 18.2 Å². The van der Waals surface area contributed by atoms with E-state index < -0.39 is 10.0 Å². The first-order valence-electron chi connectivity index (χ1n) is 5.23. The topological polar surface area (TPSA) is 112 Å². The molecule has 7 nitrogen and oxygen atoms in total. The summed E-state index contributed by atoms with van der Waals surface area (Å²) in [4.78, 5) is 16.9. The summed E-state index contributed by atoms with van der Waals surface area (Å²) in [5.74, 6) is 0. The van der Waals surface area contributed by atoms with Crippen molar-refractivity contribution < 1.29 is 13.5 Å². The molecule has 0 spiro atoms. The number of hydrogen-bond acceptors (Lipinski definition) is 6. The number of sulfonamides is 1. The molecule has 2 heterocycles. The van der Waals surface area contributed by atoms with Gasteiger partial charge in [-0.3, -0.25) is 4.79 Å². The normalized spacial score (nSPS) is 11.6. The lowest BCUT2D eigenvalue weighted by atomic mass is 10.3. The Morgan fingerprint density at radius 2 is 2.21 bits per heavy atom. The molecule has 19 heavy (non-hydrogen) atoms. The summed E-state index contributed by atoms with van der Waals surface area (Å²) in [6, 6.07) is 2.79. The molecule has 0 bridgehead atoms. The van der Waals surface area contributed by atoms with E-state index in [0.29, 0.717) is 11.3 Å². The van der Waals surface area contributed by atoms with Crippen LogP contribution in [0.1, 0.15) is 11.3 Å². The van der Waals surface area contributed by atoms with Crippen LogP contribution in [0.25, 0.3) is 0 Å². The van der Waals surface area contributed by atoms with Gasteiger partial charge in [-0.25, -0.2) is 18.1 Å². The van der Waals surface area contributed by atoms with E-state index >= 15 is 0 Å². The predicted molar refractivity (Wildman–Crippen MR) is 69.1 cm³/mol. The molecule has 0 saturated carbocycles. The van der Waals surface area contributed by atoms with Crippen molar-refractivity contribution in [1.29, 1.82) is 0 Å². The monoisotopic (exact) mass is 301 g/mol. The van der Waals surface area contributed by atoms with E-state index in [1.54, 1.807) is 5.38 Å². The van der Waals surface area contributed by atoms with Crippen LogP contribution in [-0.2, 0) is 23.2 Å². The fraction of sp³-hybridized carbons (Fsp3) is 0.200. The van der Waals surface area contributed by atoms with Gasteiger partial charge in [0.25, 0.3) is 10.0 Å². The molecule has 0 radical (unpaired) electrons. The van der Waals surface area contributed by atoms with Gasteiger partial charge in [-0.15, -0.1) is 0 Å². The molecule has 0 aliphatic rings. The first-order valence-corrected chi connectivity index (χ1v) is 7.60. The zero-order valence-electron chi connectivity index (χ0n) is 9.66. The van der Waals surface area contributed by atoms with E-state index in [2.05, 4.69) is 14.7 Å². The third-order valence-electron chi connectivity index (χ3n) is 2.28. The number of aromatic amines is 1. The third kappa shape index (κ3) is 3.47. The Hall–Kier alpha value is -1.55. The molecule has 0 fully saturated rings. The summed E-state index contributed by atoms with van der Waals surface area (Å²) in [7, 11) is -3.73. The molecular formula is C10H11N3O4S2. The number of pyridine rings is 1. The van der Waals surface area contributed by atoms with Crippen LogP contribution in [0, 0.1) is 0 Å². The summed E-state index contributed by atoms with van der Waals surface area (Å²) >= 11 is 0.966. The number of aliphatic hydroxyl groups excluding tert-OH is 1. The van der Waals surface area contributed by atoms with E-state index in [-0.39, 0.29) is 23.1 Å². The molecule has 2 aromatic rings. The highest BCUT2D eigenvalue weighted by Crippen LogP contribution is 2.07. The van der Waals surface area contributed by atoms with Crippen molar-refractivity contribution in [1.82, 2.24) is 14.7 Å². The Bertz CT molecular complexity index is 703. The summed E-state index contributed by atoms with van der Waals surface area (Å²) in [6.07, 6.45) is 1.29. The van der Waals surface area contributed by atoms with Crippen molar-refractivity contribution in [3.63, 3.8) is 0 Å². The Morgan fingerprint density at radius 1 is 1.42 bits per heavy atom. The van der Waals surface area contributed by atoms with Crippen LogP contribution in [0.4, 0.5) is 0 Å². The van der Waals surface area contributed by atoms with Gasteiger partial charge in [-0.2, -0.15) is 0 Å². The molecule has 0 saturated heterocycles. The number of H-pyrrole nitrogens is 1. The molecule has 0 aliphatic heterocycles. The summed E-state index contributed by atoms with van der Waals surface area (Å²) in [6.45, 7) is -0.207. The number of thiazole rings is 1. The van der Waals surface area contributed by atoms with Gasteiger partial charge in [0.1, 0.15) is 0 Å². The first kappa shape index (κ1) is 13.9. The zero-order chi connectivity index (χ0) is 13.9. The van der Waals surface area contributed by atoms with Crippen LogP contribution in [0.3, 0.4) is 0 Å². The lowest BCUT2D eigenvalue weighted by Gasteiger charge is -2.05. The molecule has 0 amide bonds. The van der Waals surface area contributed by atoms with Gasteiger partial charge < -0.3 is 10.1 Å². The molecule has 9 heteroatoms. The Balaban J connectivity index is 2.11. The zero-order valence-corrected chi connectivity index (χ0v) is 11.3. The van der Waals surface area contributed by atoms with E-state index in [1.165, 1.54) is 18.3 Å². The lowest BCUT2D eigenvalue weighted by Crippen LogP contribution is -2.24. The second kappa shape index (κ2) is 5.61. The van der Waals surface area contributed by atoms with E-state index in [1.807, 2.05) is 0 Å². The highest BCUT2D eigenvalue weighted by molar-refractivity contribution is 7.89. The number of nitrogens with one attached hydrogen (secondary N) is 2. The molecular weight excluding hydrogens is 290 g/mol. The summed E-state index contributed by atoms with van der Waals surface area (Å²) in [5, 5.41) is 10.3. The molecule has 3 N–H and O–H groups in total. The van der Waals surface area contributed by atoms with Crippen LogP contribution in [0.15, 0.2) is 33.5 Å². The third-order valence-corrected chi connectivity index (χ3v) is 4.31. The van der Waals surface area contributed by atoms with Crippen molar-refractivity contribution in [3.05, 3.63) is 44.6 Å². The molecule has 102 valence electrons. The average molecular weight is 301 g/mol. The van der Waals surface area contributed by atoms with Gasteiger partial charge >= 0.3 is 4.87 Å². The SMILES string of the molecule is O=c1[nH]c(CNS(=O)(=O)c2ccc(CO)cn2)cs1. The highest BCUT2D eigenvalue weighted by Gasteiger charge is 2.15. The molecule has 2 rings (SSSR count). The average Bonchev–Trinajstić information content (AvgIpc) is 2.82. The maximum Gasteiger partial charge on any atom is 0.304 e. The minimum Gasteiger partial charge on any atom is -0.392 e. The van der Waals surface area contributed by atoms with Crippen LogP contribution in [0.5, 0.6) is 0 Å². The quantitative estimate of drug-likeness (QED) is 0.708. The molecule has 0 aromatic carbocycles. The number of aliphatic hydroxyl groups is 1. The second-order valence-electron chi connectivity index (χ2n) is 3.66. The van der Waals surface area contributed by atoms with Gasteiger partial charge in [0, 0.05) is 17.3 Å². The Labute approximate surface area is 113 Å². The smallest absolute Gasteiger partial charge is 0.304 e. The predicted octanol–water partition coefficient (Wildman–Crippen LogP) is -0.198. The van der Waals surface area contributed by atoms with Gasteiger partial charge in [0.2, 0.25) is 0 Å². The van der Waals surface area contributed by atoms with Gasteiger partial charge in [-0.05, 0) is 11.6 Å². The minimum atomic E-state index is -3.73. The highest BCUT2D eigenvalue weighted by atomic mass is 32.2. The van der Waals surface area contributed by atoms with Crippen molar-refractivity contribution in [3.8, 4) is 0 Å². The Morgan fingerprint density at radius 3 is 2.74 bits per heavy atom. The Kier molecular flexibility index (Phi) is 4.10. The number of aromatic nitrogens is 2. The number of rotatable bonds is 5. The summed E-state index contributed by atoms with van der Waals surface area (Å²) in [5.41, 5.74) is 1.02. The van der Waals surface area contributed by atoms with E-state index in [0.717, 1.165) is 11.3 Å². The van der Waals surface area contributed by atoms with E-state index in [4.69, 9.17) is 5.11 Å².